The van der Waals surface area contributed by atoms with Crippen molar-refractivity contribution in [1.29, 1.82) is 10.8 Å². The molecule has 0 bridgehead atoms. The fourth-order valence-corrected chi connectivity index (χ4v) is 3.02. The molecule has 0 unspecified atom stereocenters. The molecule has 0 aliphatic carbocycles. The zero-order valence-corrected chi connectivity index (χ0v) is 20.7. The van der Waals surface area contributed by atoms with E-state index in [9.17, 15) is 30.4 Å². The third-order valence-corrected chi connectivity index (χ3v) is 4.54. The number of non-ortho nitro benzene ring substituents is 2. The molecule has 0 aliphatic heterocycles. The number of aromatic amines is 2. The van der Waals surface area contributed by atoms with E-state index in [-0.39, 0.29) is 51.6 Å². The summed E-state index contributed by atoms with van der Waals surface area (Å²) in [5.41, 5.74) is 0.675. The maximum atomic E-state index is 10.6. The van der Waals surface area contributed by atoms with Crippen molar-refractivity contribution in [3.8, 4) is 11.8 Å². The molecule has 19 heteroatoms. The van der Waals surface area contributed by atoms with Crippen molar-refractivity contribution in [2.45, 2.75) is 0 Å². The van der Waals surface area contributed by atoms with Gasteiger partial charge in [-0.2, -0.15) is 10.2 Å². The van der Waals surface area contributed by atoms with Crippen LogP contribution in [0.3, 0.4) is 0 Å². The summed E-state index contributed by atoms with van der Waals surface area (Å²) in [6, 6.07) is 7.98. The van der Waals surface area contributed by atoms with Crippen LogP contribution in [0, 0.1) is 31.0 Å². The van der Waals surface area contributed by atoms with Gasteiger partial charge in [0.25, 0.3) is 11.4 Å². The fourth-order valence-electron chi connectivity index (χ4n) is 2.93. The SMILES string of the molecule is N=C([S-])N=Nc1c(O)[nH]c2cc([N+](=O)[O-])ccc12.N=C([S-])N=Nc1c(O)[nH]c2cc([N+](=O)[O-])ccc12.[Mn+2]. The smallest absolute Gasteiger partial charge is 0.739 e. The predicted octanol–water partition coefficient (Wildman–Crippen LogP) is 4.69. The zero-order valence-electron chi connectivity index (χ0n) is 17.9. The topological polar surface area (TPSA) is 255 Å². The normalized spacial score (nSPS) is 10.8. The molecule has 1 radical (unpaired) electrons. The van der Waals surface area contributed by atoms with Crippen LogP contribution in [0.25, 0.3) is 21.8 Å². The van der Waals surface area contributed by atoms with Crippen LogP contribution in [-0.4, -0.2) is 40.4 Å². The van der Waals surface area contributed by atoms with Crippen molar-refractivity contribution in [1.82, 2.24) is 9.97 Å². The second-order valence-corrected chi connectivity index (χ2v) is 7.40. The summed E-state index contributed by atoms with van der Waals surface area (Å²) in [5, 5.41) is 68.2. The molecule has 189 valence electrons. The van der Waals surface area contributed by atoms with E-state index in [1.165, 1.54) is 36.4 Å². The number of fused-ring (bicyclic) bond motifs is 2. The minimum atomic E-state index is -0.544. The number of aromatic hydroxyl groups is 2. The number of rotatable bonds is 4. The van der Waals surface area contributed by atoms with Gasteiger partial charge in [0.1, 0.15) is 0 Å². The van der Waals surface area contributed by atoms with E-state index in [4.69, 9.17) is 10.8 Å². The molecule has 0 fully saturated rings. The van der Waals surface area contributed by atoms with E-state index in [0.29, 0.717) is 21.8 Å². The van der Waals surface area contributed by atoms with E-state index in [1.807, 2.05) is 0 Å². The number of H-pyrrole nitrogens is 2. The summed E-state index contributed by atoms with van der Waals surface area (Å²) in [5.74, 6) is -0.573. The molecule has 4 aromatic rings. The molecule has 0 atom stereocenters. The summed E-state index contributed by atoms with van der Waals surface area (Å²) in [7, 11) is 0. The number of nitro groups is 2. The summed E-state index contributed by atoms with van der Waals surface area (Å²) in [4.78, 5) is 25.2. The molecule has 0 saturated heterocycles. The average Bonchev–Trinajstić information content (AvgIpc) is 3.29. The van der Waals surface area contributed by atoms with Crippen LogP contribution in [0.2, 0.25) is 0 Å². The molecule has 16 nitrogen and oxygen atoms in total. The number of amidine groups is 2. The number of nitro benzene ring substituents is 2. The van der Waals surface area contributed by atoms with Crippen LogP contribution in [0.15, 0.2) is 56.9 Å². The van der Waals surface area contributed by atoms with Crippen LogP contribution in [0.1, 0.15) is 0 Å². The molecule has 0 aliphatic rings. The van der Waals surface area contributed by atoms with Crippen LogP contribution in [0.4, 0.5) is 22.7 Å². The monoisotopic (exact) mass is 583 g/mol. The Bertz CT molecular complexity index is 1480. The molecule has 4 rings (SSSR count). The Morgan fingerprint density at radius 3 is 1.43 bits per heavy atom. The summed E-state index contributed by atoms with van der Waals surface area (Å²) in [6.45, 7) is 0. The van der Waals surface area contributed by atoms with Gasteiger partial charge in [-0.05, 0) is 12.1 Å². The molecule has 0 saturated carbocycles. The Morgan fingerprint density at radius 1 is 0.784 bits per heavy atom. The third-order valence-electron chi connectivity index (χ3n) is 4.37. The first-order valence-electron chi connectivity index (χ1n) is 9.30. The maximum absolute atomic E-state index is 10.6. The first-order chi connectivity index (χ1) is 17.0. The third kappa shape index (κ3) is 6.76. The summed E-state index contributed by atoms with van der Waals surface area (Å²) >= 11 is 8.83. The molecule has 6 N–H and O–H groups in total. The number of hydrogen-bond acceptors (Lipinski definition) is 12. The van der Waals surface area contributed by atoms with Crippen LogP contribution < -0.4 is 0 Å². The predicted molar refractivity (Wildman–Crippen MR) is 132 cm³/mol. The molecule has 2 heterocycles. The Hall–Kier alpha value is -4.58. The molecule has 0 amide bonds. The van der Waals surface area contributed by atoms with Gasteiger partial charge in [0.15, 0.2) is 11.4 Å². The molecule has 0 spiro atoms. The molecular formula is C18H12MnN10O6S2. The second-order valence-electron chi connectivity index (χ2n) is 6.63. The fraction of sp³-hybridized carbons (Fsp3) is 0. The first-order valence-corrected chi connectivity index (χ1v) is 10.1. The van der Waals surface area contributed by atoms with Gasteiger partial charge in [-0.1, -0.05) is 0 Å². The van der Waals surface area contributed by atoms with E-state index < -0.39 is 20.2 Å². The Balaban J connectivity index is 0.000000253. The zero-order chi connectivity index (χ0) is 26.6. The number of nitrogens with zero attached hydrogens (tertiary/aromatic N) is 6. The van der Waals surface area contributed by atoms with Gasteiger partial charge in [0.2, 0.25) is 11.8 Å². The Labute approximate surface area is 226 Å². The average molecular weight is 583 g/mol. The standard InChI is InChI=1S/2C9H7N5O3S.Mn/c2*10-9(18)13-12-7-5-2-1-4(14(16)17)3-6(5)11-8(7)15;/h2*1-3,11,15H,(H2,10,18);/q;;+2/p-2. The number of azo groups is 2. The molecule has 37 heavy (non-hydrogen) atoms. The van der Waals surface area contributed by atoms with E-state index in [0.717, 1.165) is 0 Å². The minimum absolute atomic E-state index is 0. The molecular weight excluding hydrogens is 571 g/mol. The van der Waals surface area contributed by atoms with Crippen molar-refractivity contribution in [3.63, 3.8) is 0 Å². The van der Waals surface area contributed by atoms with Crippen LogP contribution in [0.5, 0.6) is 11.8 Å². The van der Waals surface area contributed by atoms with Gasteiger partial charge in [0, 0.05) is 45.4 Å². The van der Waals surface area contributed by atoms with Crippen molar-refractivity contribution in [2.24, 2.45) is 20.5 Å². The van der Waals surface area contributed by atoms with E-state index >= 15 is 0 Å². The van der Waals surface area contributed by atoms with E-state index in [2.05, 4.69) is 55.7 Å². The second kappa shape index (κ2) is 11.9. The van der Waals surface area contributed by atoms with Crippen molar-refractivity contribution in [2.75, 3.05) is 0 Å². The van der Waals surface area contributed by atoms with Gasteiger partial charge in [-0.3, -0.25) is 20.2 Å². The number of nitrogens with one attached hydrogen (secondary N) is 4. The summed E-state index contributed by atoms with van der Waals surface area (Å²) < 4.78 is 0. The van der Waals surface area contributed by atoms with Crippen molar-refractivity contribution in [3.05, 3.63) is 56.6 Å². The summed E-state index contributed by atoms with van der Waals surface area (Å²) in [6.07, 6.45) is 0. The molecule has 2 aromatic carbocycles. The first kappa shape index (κ1) is 28.7. The van der Waals surface area contributed by atoms with Gasteiger partial charge in [-0.25, -0.2) is 0 Å². The Morgan fingerprint density at radius 2 is 1.14 bits per heavy atom. The Kier molecular flexibility index (Phi) is 9.22. The van der Waals surface area contributed by atoms with Crippen LogP contribution in [-0.2, 0) is 42.3 Å². The van der Waals surface area contributed by atoms with Gasteiger partial charge < -0.3 is 56.3 Å². The van der Waals surface area contributed by atoms with Crippen molar-refractivity contribution >= 4 is 80.1 Å². The largest absolute Gasteiger partial charge is 2.00 e. The number of benzene rings is 2. The van der Waals surface area contributed by atoms with Gasteiger partial charge >= 0.3 is 17.1 Å². The molecule has 2 aromatic heterocycles. The minimum Gasteiger partial charge on any atom is -0.739 e. The maximum Gasteiger partial charge on any atom is 2.00 e. The number of hydrogen-bond donors (Lipinski definition) is 6. The van der Waals surface area contributed by atoms with Crippen molar-refractivity contribution < 1.29 is 37.1 Å². The number of aromatic nitrogens is 2. The van der Waals surface area contributed by atoms with Gasteiger partial charge in [0.05, 0.1) is 20.9 Å². The quantitative estimate of drug-likeness (QED) is 0.0372. The van der Waals surface area contributed by atoms with E-state index in [1.54, 1.807) is 0 Å². The van der Waals surface area contributed by atoms with Gasteiger partial charge in [-0.15, -0.1) is 10.2 Å². The van der Waals surface area contributed by atoms with Crippen LogP contribution >= 0.6 is 0 Å².